The molecule has 1 aliphatic heterocycles. The quantitative estimate of drug-likeness (QED) is 0.864. The Bertz CT molecular complexity index is 370. The number of rotatable bonds is 4. The SMILES string of the molecule is Cc1nc(CC(=O)CN2CCCNCC2)cs1. The molecule has 0 atom stereocenters. The van der Waals surface area contributed by atoms with Crippen molar-refractivity contribution in [2.45, 2.75) is 19.8 Å². The molecule has 17 heavy (non-hydrogen) atoms. The molecule has 0 aliphatic carbocycles. The molecule has 5 heteroatoms. The highest BCUT2D eigenvalue weighted by molar-refractivity contribution is 7.09. The predicted molar refractivity (Wildman–Crippen MR) is 69.5 cm³/mol. The second-order valence-electron chi connectivity index (χ2n) is 4.45. The molecule has 94 valence electrons. The van der Waals surface area contributed by atoms with Crippen LogP contribution in [-0.2, 0) is 11.2 Å². The van der Waals surface area contributed by atoms with E-state index in [-0.39, 0.29) is 5.78 Å². The van der Waals surface area contributed by atoms with E-state index in [4.69, 9.17) is 0 Å². The molecular formula is C12H19N3OS. The Hall–Kier alpha value is -0.780. The number of aromatic nitrogens is 1. The van der Waals surface area contributed by atoms with E-state index in [1.807, 2.05) is 12.3 Å². The molecule has 1 N–H and O–H groups in total. The minimum absolute atomic E-state index is 0.275. The standard InChI is InChI=1S/C12H19N3OS/c1-10-14-11(9-17-10)7-12(16)8-15-5-2-3-13-4-6-15/h9,13H,2-8H2,1H3. The van der Waals surface area contributed by atoms with Crippen molar-refractivity contribution in [3.05, 3.63) is 16.1 Å². The summed E-state index contributed by atoms with van der Waals surface area (Å²) in [6.07, 6.45) is 1.61. The lowest BCUT2D eigenvalue weighted by Gasteiger charge is -2.17. The molecule has 4 nitrogen and oxygen atoms in total. The molecular weight excluding hydrogens is 234 g/mol. The molecule has 0 aromatic carbocycles. The van der Waals surface area contributed by atoms with E-state index in [1.165, 1.54) is 0 Å². The highest BCUT2D eigenvalue weighted by atomic mass is 32.1. The van der Waals surface area contributed by atoms with Crippen molar-refractivity contribution in [2.75, 3.05) is 32.7 Å². The van der Waals surface area contributed by atoms with E-state index in [0.717, 1.165) is 43.3 Å². The van der Waals surface area contributed by atoms with Crippen LogP contribution in [0.5, 0.6) is 0 Å². The number of aryl methyl sites for hydroxylation is 1. The van der Waals surface area contributed by atoms with Crippen LogP contribution in [-0.4, -0.2) is 48.4 Å². The number of thiazole rings is 1. The van der Waals surface area contributed by atoms with E-state index >= 15 is 0 Å². The van der Waals surface area contributed by atoms with Crippen molar-refractivity contribution >= 4 is 17.1 Å². The van der Waals surface area contributed by atoms with Gasteiger partial charge in [-0.1, -0.05) is 0 Å². The molecule has 1 fully saturated rings. The third-order valence-electron chi connectivity index (χ3n) is 2.88. The molecule has 1 aliphatic rings. The molecule has 1 aromatic heterocycles. The van der Waals surface area contributed by atoms with Gasteiger partial charge in [-0.15, -0.1) is 11.3 Å². The van der Waals surface area contributed by atoms with Crippen LogP contribution < -0.4 is 5.32 Å². The maximum Gasteiger partial charge on any atom is 0.152 e. The summed E-state index contributed by atoms with van der Waals surface area (Å²) in [4.78, 5) is 18.5. The second kappa shape index (κ2) is 6.23. The first-order valence-corrected chi connectivity index (χ1v) is 6.98. The first-order chi connectivity index (χ1) is 8.24. The maximum atomic E-state index is 11.9. The Labute approximate surface area is 106 Å². The molecule has 0 saturated carbocycles. The molecule has 1 saturated heterocycles. The molecule has 0 amide bonds. The topological polar surface area (TPSA) is 45.2 Å². The van der Waals surface area contributed by atoms with Crippen molar-refractivity contribution in [1.29, 1.82) is 0 Å². The average molecular weight is 253 g/mol. The highest BCUT2D eigenvalue weighted by Gasteiger charge is 2.13. The lowest BCUT2D eigenvalue weighted by Crippen LogP contribution is -2.33. The zero-order valence-corrected chi connectivity index (χ0v) is 11.1. The lowest BCUT2D eigenvalue weighted by atomic mass is 10.2. The first kappa shape index (κ1) is 12.7. The van der Waals surface area contributed by atoms with Crippen LogP contribution in [0.1, 0.15) is 17.1 Å². The Morgan fingerprint density at radius 3 is 3.18 bits per heavy atom. The minimum atomic E-state index is 0.275. The van der Waals surface area contributed by atoms with Crippen molar-refractivity contribution < 1.29 is 4.79 Å². The third kappa shape index (κ3) is 4.18. The largest absolute Gasteiger partial charge is 0.315 e. The van der Waals surface area contributed by atoms with E-state index in [1.54, 1.807) is 11.3 Å². The summed E-state index contributed by atoms with van der Waals surface area (Å²) in [5.41, 5.74) is 0.922. The summed E-state index contributed by atoms with van der Waals surface area (Å²) < 4.78 is 0. The third-order valence-corrected chi connectivity index (χ3v) is 3.70. The predicted octanol–water partition coefficient (Wildman–Crippen LogP) is 0.858. The zero-order valence-electron chi connectivity index (χ0n) is 10.2. The minimum Gasteiger partial charge on any atom is -0.315 e. The zero-order chi connectivity index (χ0) is 12.1. The van der Waals surface area contributed by atoms with Gasteiger partial charge in [0.05, 0.1) is 23.7 Å². The number of ketones is 1. The number of nitrogens with zero attached hydrogens (tertiary/aromatic N) is 2. The van der Waals surface area contributed by atoms with Crippen LogP contribution in [0.15, 0.2) is 5.38 Å². The highest BCUT2D eigenvalue weighted by Crippen LogP contribution is 2.09. The van der Waals surface area contributed by atoms with Gasteiger partial charge in [-0.25, -0.2) is 4.98 Å². The number of Topliss-reactive ketones (excluding diaryl/α,β-unsaturated/α-hetero) is 1. The van der Waals surface area contributed by atoms with E-state index in [0.29, 0.717) is 13.0 Å². The molecule has 2 heterocycles. The fourth-order valence-corrected chi connectivity index (χ4v) is 2.67. The maximum absolute atomic E-state index is 11.9. The Morgan fingerprint density at radius 2 is 2.41 bits per heavy atom. The van der Waals surface area contributed by atoms with Crippen molar-refractivity contribution in [3.8, 4) is 0 Å². The van der Waals surface area contributed by atoms with Gasteiger partial charge >= 0.3 is 0 Å². The number of nitrogens with one attached hydrogen (secondary N) is 1. The van der Waals surface area contributed by atoms with Crippen LogP contribution in [0.3, 0.4) is 0 Å². The normalized spacial score (nSPS) is 17.9. The van der Waals surface area contributed by atoms with Crippen LogP contribution in [0.25, 0.3) is 0 Å². The van der Waals surface area contributed by atoms with Crippen molar-refractivity contribution in [2.24, 2.45) is 0 Å². The van der Waals surface area contributed by atoms with Crippen molar-refractivity contribution in [3.63, 3.8) is 0 Å². The molecule has 2 rings (SSSR count). The van der Waals surface area contributed by atoms with Gasteiger partial charge in [0.25, 0.3) is 0 Å². The fourth-order valence-electron chi connectivity index (χ4n) is 2.06. The number of carbonyl (C=O) groups excluding carboxylic acids is 1. The van der Waals surface area contributed by atoms with Crippen LogP contribution >= 0.6 is 11.3 Å². The summed E-state index contributed by atoms with van der Waals surface area (Å²) in [6.45, 7) is 6.59. The average Bonchev–Trinajstić information content (AvgIpc) is 2.53. The number of hydrogen-bond acceptors (Lipinski definition) is 5. The Kier molecular flexibility index (Phi) is 4.65. The van der Waals surface area contributed by atoms with Gasteiger partial charge in [-0.3, -0.25) is 9.69 Å². The summed E-state index contributed by atoms with van der Waals surface area (Å²) in [5.74, 6) is 0.275. The van der Waals surface area contributed by atoms with Crippen LogP contribution in [0.4, 0.5) is 0 Å². The van der Waals surface area contributed by atoms with Gasteiger partial charge in [-0.2, -0.15) is 0 Å². The summed E-state index contributed by atoms with van der Waals surface area (Å²) in [5, 5.41) is 6.36. The number of hydrogen-bond donors (Lipinski definition) is 1. The Morgan fingerprint density at radius 1 is 1.53 bits per heavy atom. The molecule has 0 unspecified atom stereocenters. The van der Waals surface area contributed by atoms with Crippen molar-refractivity contribution in [1.82, 2.24) is 15.2 Å². The van der Waals surface area contributed by atoms with Gasteiger partial charge in [0.15, 0.2) is 5.78 Å². The Balaban J connectivity index is 1.80. The molecule has 0 radical (unpaired) electrons. The van der Waals surface area contributed by atoms with Gasteiger partial charge in [0.2, 0.25) is 0 Å². The molecule has 0 spiro atoms. The lowest BCUT2D eigenvalue weighted by molar-refractivity contribution is -0.119. The number of carbonyl (C=O) groups is 1. The first-order valence-electron chi connectivity index (χ1n) is 6.10. The van der Waals surface area contributed by atoms with E-state index in [2.05, 4.69) is 15.2 Å². The van der Waals surface area contributed by atoms with Gasteiger partial charge in [0.1, 0.15) is 0 Å². The van der Waals surface area contributed by atoms with Gasteiger partial charge < -0.3 is 5.32 Å². The molecule has 0 bridgehead atoms. The fraction of sp³-hybridized carbons (Fsp3) is 0.667. The van der Waals surface area contributed by atoms with E-state index < -0.39 is 0 Å². The monoisotopic (exact) mass is 253 g/mol. The van der Waals surface area contributed by atoms with Gasteiger partial charge in [0, 0.05) is 18.5 Å². The van der Waals surface area contributed by atoms with Crippen LogP contribution in [0.2, 0.25) is 0 Å². The smallest absolute Gasteiger partial charge is 0.152 e. The summed E-state index contributed by atoms with van der Waals surface area (Å²) in [6, 6.07) is 0. The van der Waals surface area contributed by atoms with Crippen LogP contribution in [0, 0.1) is 6.92 Å². The molecule has 1 aromatic rings. The second-order valence-corrected chi connectivity index (χ2v) is 5.52. The van der Waals surface area contributed by atoms with Gasteiger partial charge in [-0.05, 0) is 26.4 Å². The summed E-state index contributed by atoms with van der Waals surface area (Å²) in [7, 11) is 0. The van der Waals surface area contributed by atoms with E-state index in [9.17, 15) is 4.79 Å². The summed E-state index contributed by atoms with van der Waals surface area (Å²) >= 11 is 1.61.